The van der Waals surface area contributed by atoms with Crippen molar-refractivity contribution in [2.45, 2.75) is 26.2 Å². The average Bonchev–Trinajstić information content (AvgIpc) is 2.41. The van der Waals surface area contributed by atoms with E-state index in [-0.39, 0.29) is 0 Å². The molecule has 2 aromatic rings. The minimum absolute atomic E-state index is 0.484. The Morgan fingerprint density at radius 1 is 0.905 bits per heavy atom. The molecule has 0 fully saturated rings. The second kappa shape index (κ2) is 6.31. The minimum atomic E-state index is -4.29. The van der Waals surface area contributed by atoms with Gasteiger partial charge in [0.25, 0.3) is 0 Å². The topological polar surface area (TPSA) is 3.24 Å². The van der Waals surface area contributed by atoms with E-state index in [1.165, 1.54) is 17.7 Å². The maximum atomic E-state index is 12.7. The van der Waals surface area contributed by atoms with Crippen molar-refractivity contribution in [1.29, 1.82) is 0 Å². The second-order valence-electron chi connectivity index (χ2n) is 5.36. The summed E-state index contributed by atoms with van der Waals surface area (Å²) in [7, 11) is 1.90. The highest BCUT2D eigenvalue weighted by Gasteiger charge is 2.30. The molecule has 0 aliphatic heterocycles. The first kappa shape index (κ1) is 15.6. The Bertz CT molecular complexity index is 588. The van der Waals surface area contributed by atoms with Crippen molar-refractivity contribution in [2.75, 3.05) is 7.05 Å². The third kappa shape index (κ3) is 4.60. The zero-order valence-electron chi connectivity index (χ0n) is 12.1. The lowest BCUT2D eigenvalue weighted by Crippen LogP contribution is -2.17. The van der Waals surface area contributed by atoms with Crippen molar-refractivity contribution in [3.05, 3.63) is 70.8 Å². The maximum Gasteiger partial charge on any atom is 0.416 e. The third-order valence-corrected chi connectivity index (χ3v) is 3.28. The van der Waals surface area contributed by atoms with Crippen molar-refractivity contribution in [3.63, 3.8) is 0 Å². The van der Waals surface area contributed by atoms with Crippen LogP contribution in [-0.4, -0.2) is 11.9 Å². The number of hydrogen-bond acceptors (Lipinski definition) is 1. The summed E-state index contributed by atoms with van der Waals surface area (Å²) in [6, 6.07) is 13.6. The third-order valence-electron chi connectivity index (χ3n) is 3.28. The van der Waals surface area contributed by atoms with Gasteiger partial charge >= 0.3 is 6.18 Å². The van der Waals surface area contributed by atoms with Gasteiger partial charge in [0.15, 0.2) is 0 Å². The predicted octanol–water partition coefficient (Wildman–Crippen LogP) is 4.65. The molecule has 2 rings (SSSR count). The van der Waals surface area contributed by atoms with Gasteiger partial charge in [0.2, 0.25) is 0 Å². The van der Waals surface area contributed by atoms with Crippen LogP contribution < -0.4 is 0 Å². The Labute approximate surface area is 123 Å². The summed E-state index contributed by atoms with van der Waals surface area (Å²) in [5, 5.41) is 0. The molecule has 0 aliphatic carbocycles. The van der Waals surface area contributed by atoms with Crippen LogP contribution in [-0.2, 0) is 19.3 Å². The van der Waals surface area contributed by atoms with Crippen LogP contribution in [0.3, 0.4) is 0 Å². The molecule has 0 aliphatic rings. The molecule has 112 valence electrons. The number of benzene rings is 2. The summed E-state index contributed by atoms with van der Waals surface area (Å²) in [6.45, 7) is 3.21. The standard InChI is InChI=1S/C17H18F3N/c1-13-6-8-14(9-7-13)11-21(2)12-15-4-3-5-16(10-15)17(18,19)20/h3-10H,11-12H2,1-2H3. The van der Waals surface area contributed by atoms with Gasteiger partial charge in [-0.05, 0) is 31.2 Å². The molecule has 0 saturated carbocycles. The first-order valence-corrected chi connectivity index (χ1v) is 6.75. The molecule has 21 heavy (non-hydrogen) atoms. The van der Waals surface area contributed by atoms with E-state index in [1.807, 2.05) is 43.1 Å². The second-order valence-corrected chi connectivity index (χ2v) is 5.36. The Kier molecular flexibility index (Phi) is 4.68. The van der Waals surface area contributed by atoms with E-state index in [9.17, 15) is 13.2 Å². The summed E-state index contributed by atoms with van der Waals surface area (Å²) in [4.78, 5) is 2.00. The Hall–Kier alpha value is -1.81. The molecular formula is C17H18F3N. The molecule has 0 radical (unpaired) electrons. The van der Waals surface area contributed by atoms with Gasteiger partial charge in [-0.1, -0.05) is 48.0 Å². The monoisotopic (exact) mass is 293 g/mol. The SMILES string of the molecule is Cc1ccc(CN(C)Cc2cccc(C(F)(F)F)c2)cc1. The molecule has 0 spiro atoms. The highest BCUT2D eigenvalue weighted by molar-refractivity contribution is 5.26. The average molecular weight is 293 g/mol. The van der Waals surface area contributed by atoms with E-state index in [0.29, 0.717) is 18.7 Å². The number of aryl methyl sites for hydroxylation is 1. The predicted molar refractivity (Wildman–Crippen MR) is 77.8 cm³/mol. The lowest BCUT2D eigenvalue weighted by molar-refractivity contribution is -0.137. The molecule has 0 amide bonds. The van der Waals surface area contributed by atoms with Crippen molar-refractivity contribution in [1.82, 2.24) is 4.90 Å². The number of halogens is 3. The number of hydrogen-bond donors (Lipinski definition) is 0. The van der Waals surface area contributed by atoms with Gasteiger partial charge < -0.3 is 0 Å². The normalized spacial score (nSPS) is 11.9. The van der Waals surface area contributed by atoms with E-state index in [4.69, 9.17) is 0 Å². The van der Waals surface area contributed by atoms with Crippen molar-refractivity contribution < 1.29 is 13.2 Å². The van der Waals surface area contributed by atoms with Crippen LogP contribution in [0.4, 0.5) is 13.2 Å². The lowest BCUT2D eigenvalue weighted by atomic mass is 10.1. The fourth-order valence-corrected chi connectivity index (χ4v) is 2.22. The Morgan fingerprint density at radius 2 is 1.52 bits per heavy atom. The molecule has 0 atom stereocenters. The van der Waals surface area contributed by atoms with Gasteiger partial charge in [-0.15, -0.1) is 0 Å². The Balaban J connectivity index is 2.02. The van der Waals surface area contributed by atoms with Gasteiger partial charge in [0.1, 0.15) is 0 Å². The molecular weight excluding hydrogens is 275 g/mol. The first-order valence-electron chi connectivity index (χ1n) is 6.75. The molecule has 0 bridgehead atoms. The highest BCUT2D eigenvalue weighted by atomic mass is 19.4. The van der Waals surface area contributed by atoms with Crippen LogP contribution in [0, 0.1) is 6.92 Å². The van der Waals surface area contributed by atoms with Crippen LogP contribution in [0.1, 0.15) is 22.3 Å². The van der Waals surface area contributed by atoms with E-state index in [0.717, 1.165) is 11.6 Å². The summed E-state index contributed by atoms with van der Waals surface area (Å²) < 4.78 is 38.0. The maximum absolute atomic E-state index is 12.7. The van der Waals surface area contributed by atoms with Crippen molar-refractivity contribution in [3.8, 4) is 0 Å². The lowest BCUT2D eigenvalue weighted by Gasteiger charge is -2.18. The largest absolute Gasteiger partial charge is 0.416 e. The van der Waals surface area contributed by atoms with Gasteiger partial charge in [0, 0.05) is 13.1 Å². The fraction of sp³-hybridized carbons (Fsp3) is 0.294. The molecule has 0 N–H and O–H groups in total. The van der Waals surface area contributed by atoms with Gasteiger partial charge in [0.05, 0.1) is 5.56 Å². The molecule has 0 heterocycles. The molecule has 0 aromatic heterocycles. The minimum Gasteiger partial charge on any atom is -0.298 e. The molecule has 4 heteroatoms. The molecule has 1 nitrogen and oxygen atoms in total. The van der Waals surface area contributed by atoms with Crippen LogP contribution in [0.25, 0.3) is 0 Å². The summed E-state index contributed by atoms with van der Waals surface area (Å²) >= 11 is 0. The smallest absolute Gasteiger partial charge is 0.298 e. The number of alkyl halides is 3. The number of nitrogens with zero attached hydrogens (tertiary/aromatic N) is 1. The number of rotatable bonds is 4. The van der Waals surface area contributed by atoms with E-state index in [1.54, 1.807) is 6.07 Å². The molecule has 0 unspecified atom stereocenters. The van der Waals surface area contributed by atoms with Crippen molar-refractivity contribution >= 4 is 0 Å². The zero-order chi connectivity index (χ0) is 15.5. The quantitative estimate of drug-likeness (QED) is 0.793. The van der Waals surface area contributed by atoms with E-state index in [2.05, 4.69) is 0 Å². The van der Waals surface area contributed by atoms with Crippen LogP contribution in [0.5, 0.6) is 0 Å². The van der Waals surface area contributed by atoms with E-state index < -0.39 is 11.7 Å². The van der Waals surface area contributed by atoms with E-state index >= 15 is 0 Å². The van der Waals surface area contributed by atoms with Gasteiger partial charge in [-0.2, -0.15) is 13.2 Å². The van der Waals surface area contributed by atoms with Gasteiger partial charge in [-0.25, -0.2) is 0 Å². The van der Waals surface area contributed by atoms with Crippen LogP contribution >= 0.6 is 0 Å². The molecule has 0 saturated heterocycles. The summed E-state index contributed by atoms with van der Waals surface area (Å²) in [5.74, 6) is 0. The fourth-order valence-electron chi connectivity index (χ4n) is 2.22. The zero-order valence-corrected chi connectivity index (χ0v) is 12.1. The Morgan fingerprint density at radius 3 is 2.14 bits per heavy atom. The first-order chi connectivity index (χ1) is 9.84. The van der Waals surface area contributed by atoms with Crippen molar-refractivity contribution in [2.24, 2.45) is 0 Å². The highest BCUT2D eigenvalue weighted by Crippen LogP contribution is 2.29. The molecule has 2 aromatic carbocycles. The summed E-state index contributed by atoms with van der Waals surface area (Å²) in [6.07, 6.45) is -4.29. The van der Waals surface area contributed by atoms with Crippen LogP contribution in [0.15, 0.2) is 48.5 Å². The van der Waals surface area contributed by atoms with Crippen LogP contribution in [0.2, 0.25) is 0 Å². The summed E-state index contributed by atoms with van der Waals surface area (Å²) in [5.41, 5.74) is 2.41. The van der Waals surface area contributed by atoms with Gasteiger partial charge in [-0.3, -0.25) is 4.90 Å².